The average molecular weight is 280 g/mol. The molecule has 3 rings (SSSR count). The zero-order valence-electron chi connectivity index (χ0n) is 10.8. The number of alkyl halides is 1. The standard InChI is InChI=1S/C15H18ClNO2/c16-9-10-1-3-12(4-2-10)15(18)17-13-7-8-19-14(13)11-5-6-11/h1-4,11,13-14H,5-9H2,(H,17,18). The summed E-state index contributed by atoms with van der Waals surface area (Å²) in [6.07, 6.45) is 3.63. The van der Waals surface area contributed by atoms with Gasteiger partial charge in [-0.3, -0.25) is 4.79 Å². The number of carbonyl (C=O) groups excluding carboxylic acids is 1. The van der Waals surface area contributed by atoms with Crippen molar-refractivity contribution < 1.29 is 9.53 Å². The summed E-state index contributed by atoms with van der Waals surface area (Å²) in [6, 6.07) is 7.62. The van der Waals surface area contributed by atoms with Crippen molar-refractivity contribution in [2.45, 2.75) is 37.3 Å². The second-order valence-corrected chi connectivity index (χ2v) is 5.64. The molecule has 102 valence electrons. The van der Waals surface area contributed by atoms with Crippen LogP contribution >= 0.6 is 11.6 Å². The molecule has 1 aromatic carbocycles. The Kier molecular flexibility index (Phi) is 3.76. The fourth-order valence-corrected chi connectivity index (χ4v) is 2.83. The van der Waals surface area contributed by atoms with Crippen molar-refractivity contribution in [1.82, 2.24) is 5.32 Å². The van der Waals surface area contributed by atoms with E-state index in [-0.39, 0.29) is 18.1 Å². The van der Waals surface area contributed by atoms with Crippen molar-refractivity contribution in [3.8, 4) is 0 Å². The fraction of sp³-hybridized carbons (Fsp3) is 0.533. The lowest BCUT2D eigenvalue weighted by molar-refractivity contribution is 0.0729. The van der Waals surface area contributed by atoms with Gasteiger partial charge in [-0.1, -0.05) is 12.1 Å². The third-order valence-electron chi connectivity index (χ3n) is 3.91. The molecule has 1 aliphatic carbocycles. The number of carbonyl (C=O) groups is 1. The van der Waals surface area contributed by atoms with Crippen LogP contribution in [0.1, 0.15) is 35.2 Å². The van der Waals surface area contributed by atoms with E-state index in [1.54, 1.807) is 0 Å². The average Bonchev–Trinajstić information content (AvgIpc) is 3.19. The Bertz CT molecular complexity index is 456. The Morgan fingerprint density at radius 3 is 2.63 bits per heavy atom. The summed E-state index contributed by atoms with van der Waals surface area (Å²) >= 11 is 5.74. The predicted octanol–water partition coefficient (Wildman–Crippen LogP) is 2.72. The van der Waals surface area contributed by atoms with Crippen LogP contribution in [0.3, 0.4) is 0 Å². The van der Waals surface area contributed by atoms with E-state index in [2.05, 4.69) is 5.32 Å². The third-order valence-corrected chi connectivity index (χ3v) is 4.22. The van der Waals surface area contributed by atoms with Crippen LogP contribution in [0.2, 0.25) is 0 Å². The number of halogens is 1. The zero-order valence-corrected chi connectivity index (χ0v) is 11.5. The van der Waals surface area contributed by atoms with Gasteiger partial charge in [-0.05, 0) is 42.9 Å². The van der Waals surface area contributed by atoms with E-state index >= 15 is 0 Å². The van der Waals surface area contributed by atoms with Crippen LogP contribution in [0.25, 0.3) is 0 Å². The van der Waals surface area contributed by atoms with Crippen LogP contribution in [-0.4, -0.2) is 24.7 Å². The highest BCUT2D eigenvalue weighted by atomic mass is 35.5. The Morgan fingerprint density at radius 1 is 1.26 bits per heavy atom. The van der Waals surface area contributed by atoms with Crippen LogP contribution in [0, 0.1) is 5.92 Å². The maximum Gasteiger partial charge on any atom is 0.251 e. The van der Waals surface area contributed by atoms with E-state index in [4.69, 9.17) is 16.3 Å². The summed E-state index contributed by atoms with van der Waals surface area (Å²) in [5.74, 6) is 1.12. The minimum atomic E-state index is -0.0118. The first kappa shape index (κ1) is 12.9. The highest BCUT2D eigenvalue weighted by Crippen LogP contribution is 2.38. The van der Waals surface area contributed by atoms with Gasteiger partial charge in [0.25, 0.3) is 5.91 Å². The highest BCUT2D eigenvalue weighted by molar-refractivity contribution is 6.17. The van der Waals surface area contributed by atoms with E-state index in [1.807, 2.05) is 24.3 Å². The van der Waals surface area contributed by atoms with Gasteiger partial charge in [-0.2, -0.15) is 0 Å². The van der Waals surface area contributed by atoms with Gasteiger partial charge >= 0.3 is 0 Å². The van der Waals surface area contributed by atoms with Crippen LogP contribution in [0.15, 0.2) is 24.3 Å². The second-order valence-electron chi connectivity index (χ2n) is 5.37. The van der Waals surface area contributed by atoms with Crippen LogP contribution in [0.5, 0.6) is 0 Å². The Hall–Kier alpha value is -1.06. The van der Waals surface area contributed by atoms with Gasteiger partial charge < -0.3 is 10.1 Å². The highest BCUT2D eigenvalue weighted by Gasteiger charge is 2.41. The number of hydrogen-bond donors (Lipinski definition) is 1. The molecule has 1 aliphatic heterocycles. The lowest BCUT2D eigenvalue weighted by atomic mass is 10.1. The van der Waals surface area contributed by atoms with E-state index < -0.39 is 0 Å². The Labute approximate surface area is 118 Å². The molecule has 2 fully saturated rings. The molecule has 4 heteroatoms. The quantitative estimate of drug-likeness (QED) is 0.861. The molecule has 19 heavy (non-hydrogen) atoms. The first-order chi connectivity index (χ1) is 9.28. The van der Waals surface area contributed by atoms with Crippen LogP contribution in [-0.2, 0) is 10.6 Å². The minimum Gasteiger partial charge on any atom is -0.376 e. The first-order valence-electron chi connectivity index (χ1n) is 6.85. The van der Waals surface area contributed by atoms with E-state index in [1.165, 1.54) is 12.8 Å². The maximum atomic E-state index is 12.2. The molecule has 0 spiro atoms. The van der Waals surface area contributed by atoms with Gasteiger partial charge in [0.05, 0.1) is 12.1 Å². The lowest BCUT2D eigenvalue weighted by Crippen LogP contribution is -2.41. The molecular weight excluding hydrogens is 262 g/mol. The van der Waals surface area contributed by atoms with Crippen molar-refractivity contribution in [3.63, 3.8) is 0 Å². The summed E-state index contributed by atoms with van der Waals surface area (Å²) in [5, 5.41) is 3.11. The fourth-order valence-electron chi connectivity index (χ4n) is 2.65. The van der Waals surface area contributed by atoms with Gasteiger partial charge in [-0.25, -0.2) is 0 Å². The number of rotatable bonds is 4. The molecule has 1 heterocycles. The number of nitrogens with one attached hydrogen (secondary N) is 1. The van der Waals surface area contributed by atoms with E-state index in [0.717, 1.165) is 18.6 Å². The molecule has 2 atom stereocenters. The molecule has 1 saturated heterocycles. The molecule has 1 amide bonds. The molecule has 1 saturated carbocycles. The molecular formula is C15H18ClNO2. The molecule has 2 unspecified atom stereocenters. The van der Waals surface area contributed by atoms with Crippen LogP contribution < -0.4 is 5.32 Å². The number of benzene rings is 1. The first-order valence-corrected chi connectivity index (χ1v) is 7.39. The van der Waals surface area contributed by atoms with Crippen molar-refractivity contribution >= 4 is 17.5 Å². The molecule has 0 bridgehead atoms. The lowest BCUT2D eigenvalue weighted by Gasteiger charge is -2.19. The van der Waals surface area contributed by atoms with Gasteiger partial charge in [0.2, 0.25) is 0 Å². The molecule has 1 N–H and O–H groups in total. The number of amides is 1. The molecule has 0 radical (unpaired) electrons. The number of hydrogen-bond acceptors (Lipinski definition) is 2. The van der Waals surface area contributed by atoms with Crippen molar-refractivity contribution in [2.24, 2.45) is 5.92 Å². The van der Waals surface area contributed by atoms with Crippen molar-refractivity contribution in [2.75, 3.05) is 6.61 Å². The Balaban J connectivity index is 1.63. The molecule has 1 aromatic rings. The molecule has 0 aromatic heterocycles. The third kappa shape index (κ3) is 2.93. The topological polar surface area (TPSA) is 38.3 Å². The van der Waals surface area contributed by atoms with Gasteiger partial charge in [0.15, 0.2) is 0 Å². The summed E-state index contributed by atoms with van der Waals surface area (Å²) in [4.78, 5) is 12.2. The van der Waals surface area contributed by atoms with E-state index in [9.17, 15) is 4.79 Å². The summed E-state index contributed by atoms with van der Waals surface area (Å²) in [6.45, 7) is 0.761. The SMILES string of the molecule is O=C(NC1CCOC1C1CC1)c1ccc(CCl)cc1. The van der Waals surface area contributed by atoms with Crippen molar-refractivity contribution in [1.29, 1.82) is 0 Å². The second kappa shape index (κ2) is 5.51. The predicted molar refractivity (Wildman–Crippen MR) is 74.3 cm³/mol. The van der Waals surface area contributed by atoms with E-state index in [0.29, 0.717) is 17.4 Å². The largest absolute Gasteiger partial charge is 0.376 e. The van der Waals surface area contributed by atoms with Gasteiger partial charge in [0.1, 0.15) is 0 Å². The summed E-state index contributed by atoms with van der Waals surface area (Å²) in [7, 11) is 0. The Morgan fingerprint density at radius 2 is 2.00 bits per heavy atom. The smallest absolute Gasteiger partial charge is 0.251 e. The van der Waals surface area contributed by atoms with Gasteiger partial charge in [0, 0.05) is 18.1 Å². The van der Waals surface area contributed by atoms with Gasteiger partial charge in [-0.15, -0.1) is 11.6 Å². The monoisotopic (exact) mass is 279 g/mol. The summed E-state index contributed by atoms with van der Waals surface area (Å²) in [5.41, 5.74) is 1.72. The van der Waals surface area contributed by atoms with Crippen LogP contribution in [0.4, 0.5) is 0 Å². The maximum absolute atomic E-state index is 12.2. The number of ether oxygens (including phenoxy) is 1. The molecule has 2 aliphatic rings. The summed E-state index contributed by atoms with van der Waals surface area (Å²) < 4.78 is 5.73. The minimum absolute atomic E-state index is 0.0118. The molecule has 3 nitrogen and oxygen atoms in total. The zero-order chi connectivity index (χ0) is 13.2. The van der Waals surface area contributed by atoms with Crippen molar-refractivity contribution in [3.05, 3.63) is 35.4 Å². The normalized spacial score (nSPS) is 26.4.